The Bertz CT molecular complexity index is 1140. The summed E-state index contributed by atoms with van der Waals surface area (Å²) in [5, 5.41) is 0. The summed E-state index contributed by atoms with van der Waals surface area (Å²) in [6, 6.07) is 6.10. The number of halogens is 4. The van der Waals surface area contributed by atoms with E-state index in [0.717, 1.165) is 25.3 Å². The maximum absolute atomic E-state index is 14.0. The van der Waals surface area contributed by atoms with Crippen molar-refractivity contribution in [1.82, 2.24) is 0 Å². The van der Waals surface area contributed by atoms with Crippen LogP contribution < -0.4 is 14.4 Å². The van der Waals surface area contributed by atoms with Crippen molar-refractivity contribution < 1.29 is 40.2 Å². The number of rotatable bonds is 6. The Morgan fingerprint density at radius 2 is 1.88 bits per heavy atom. The largest absolute Gasteiger partial charge is 0.495 e. The first-order chi connectivity index (χ1) is 15.5. The molecular formula is C21H22F4N2O5S. The predicted octanol–water partition coefficient (Wildman–Crippen LogP) is 4.24. The van der Waals surface area contributed by atoms with E-state index in [4.69, 9.17) is 4.74 Å². The number of piperidine rings is 1. The number of carbonyl (C=O) groups is 1. The lowest BCUT2D eigenvalue weighted by atomic mass is 10.1. The molecule has 0 aliphatic carbocycles. The summed E-state index contributed by atoms with van der Waals surface area (Å²) in [5.41, 5.74) is -1.44. The number of ether oxygens (including phenoxy) is 2. The highest BCUT2D eigenvalue weighted by molar-refractivity contribution is 7.92. The van der Waals surface area contributed by atoms with Crippen LogP contribution in [-0.2, 0) is 20.9 Å². The van der Waals surface area contributed by atoms with Crippen molar-refractivity contribution >= 4 is 27.4 Å². The van der Waals surface area contributed by atoms with Crippen molar-refractivity contribution in [3.05, 3.63) is 47.5 Å². The summed E-state index contributed by atoms with van der Waals surface area (Å²) >= 11 is 0. The summed E-state index contributed by atoms with van der Waals surface area (Å²) in [5.74, 6) is -0.943. The maximum atomic E-state index is 14.0. The fourth-order valence-electron chi connectivity index (χ4n) is 3.55. The number of sulfonamides is 1. The van der Waals surface area contributed by atoms with Gasteiger partial charge in [0.1, 0.15) is 16.8 Å². The Morgan fingerprint density at radius 1 is 1.15 bits per heavy atom. The summed E-state index contributed by atoms with van der Waals surface area (Å²) in [6.07, 6.45) is -5.15. The number of carbonyl (C=O) groups excluding carboxylic acids is 1. The van der Waals surface area contributed by atoms with Crippen LogP contribution >= 0.6 is 0 Å². The minimum Gasteiger partial charge on any atom is -0.495 e. The molecule has 0 radical (unpaired) electrons. The van der Waals surface area contributed by atoms with Crippen molar-refractivity contribution in [2.45, 2.75) is 30.1 Å². The molecule has 33 heavy (non-hydrogen) atoms. The van der Waals surface area contributed by atoms with Gasteiger partial charge >= 0.3 is 12.1 Å². The molecule has 0 spiro atoms. The van der Waals surface area contributed by atoms with Crippen LogP contribution in [0.4, 0.5) is 28.9 Å². The molecule has 0 amide bonds. The molecule has 1 heterocycles. The van der Waals surface area contributed by atoms with Crippen molar-refractivity contribution in [3.8, 4) is 5.75 Å². The van der Waals surface area contributed by atoms with Gasteiger partial charge in [0, 0.05) is 13.1 Å². The van der Waals surface area contributed by atoms with Crippen LogP contribution in [0.25, 0.3) is 0 Å². The SMILES string of the molecule is COC(=O)c1ccc(OC)c(S(=O)(=O)Nc2cc(C(F)(F)F)ccc2N2CCC[C@H](F)C2)c1. The molecule has 1 aliphatic heterocycles. The lowest BCUT2D eigenvalue weighted by Crippen LogP contribution is -2.37. The topological polar surface area (TPSA) is 84.9 Å². The van der Waals surface area contributed by atoms with Gasteiger partial charge in [-0.3, -0.25) is 4.72 Å². The van der Waals surface area contributed by atoms with Crippen LogP contribution in [0.2, 0.25) is 0 Å². The van der Waals surface area contributed by atoms with E-state index in [2.05, 4.69) is 9.46 Å². The first kappa shape index (κ1) is 24.6. The average molecular weight is 490 g/mol. The lowest BCUT2D eigenvalue weighted by Gasteiger charge is -2.32. The summed E-state index contributed by atoms with van der Waals surface area (Å²) in [6.45, 7) is 0.267. The van der Waals surface area contributed by atoms with Crippen molar-refractivity contribution in [3.63, 3.8) is 0 Å². The van der Waals surface area contributed by atoms with Gasteiger partial charge in [0.05, 0.1) is 36.7 Å². The summed E-state index contributed by atoms with van der Waals surface area (Å²) in [7, 11) is -2.21. The third kappa shape index (κ3) is 5.49. The predicted molar refractivity (Wildman–Crippen MR) is 113 cm³/mol. The Labute approximate surface area is 188 Å². The van der Waals surface area contributed by atoms with E-state index in [0.29, 0.717) is 25.5 Å². The maximum Gasteiger partial charge on any atom is 0.416 e. The molecule has 2 aromatic carbocycles. The molecule has 12 heteroatoms. The van der Waals surface area contributed by atoms with Crippen LogP contribution in [0.3, 0.4) is 0 Å². The Kier molecular flexibility index (Phi) is 7.06. The third-order valence-electron chi connectivity index (χ3n) is 5.15. The second-order valence-electron chi connectivity index (χ2n) is 7.38. The number of esters is 1. The van der Waals surface area contributed by atoms with E-state index in [-0.39, 0.29) is 29.2 Å². The van der Waals surface area contributed by atoms with Crippen LogP contribution in [0, 0.1) is 0 Å². The summed E-state index contributed by atoms with van der Waals surface area (Å²) in [4.78, 5) is 12.9. The van der Waals surface area contributed by atoms with Gasteiger partial charge in [0.2, 0.25) is 0 Å². The van der Waals surface area contributed by atoms with Gasteiger partial charge < -0.3 is 14.4 Å². The number of nitrogens with zero attached hydrogens (tertiary/aromatic N) is 1. The molecule has 2 aromatic rings. The quantitative estimate of drug-likeness (QED) is 0.482. The Hall–Kier alpha value is -3.02. The van der Waals surface area contributed by atoms with E-state index in [1.165, 1.54) is 24.1 Å². The van der Waals surface area contributed by atoms with E-state index in [1.807, 2.05) is 0 Å². The molecule has 1 fully saturated rings. The van der Waals surface area contributed by atoms with Gasteiger partial charge in [-0.05, 0) is 49.2 Å². The minimum atomic E-state index is -4.73. The van der Waals surface area contributed by atoms with Crippen molar-refractivity contribution in [2.24, 2.45) is 0 Å². The zero-order valence-electron chi connectivity index (χ0n) is 17.8. The van der Waals surface area contributed by atoms with Crippen LogP contribution in [0.15, 0.2) is 41.3 Å². The zero-order chi connectivity index (χ0) is 24.4. The van der Waals surface area contributed by atoms with Crippen molar-refractivity contribution in [1.29, 1.82) is 0 Å². The van der Waals surface area contributed by atoms with E-state index in [1.54, 1.807) is 0 Å². The minimum absolute atomic E-state index is 0.0821. The Morgan fingerprint density at radius 3 is 2.48 bits per heavy atom. The van der Waals surface area contributed by atoms with Gasteiger partial charge in [0.25, 0.3) is 10.0 Å². The van der Waals surface area contributed by atoms with Gasteiger partial charge in [-0.15, -0.1) is 0 Å². The second kappa shape index (κ2) is 9.46. The first-order valence-corrected chi connectivity index (χ1v) is 11.3. The monoisotopic (exact) mass is 490 g/mol. The normalized spacial score (nSPS) is 16.9. The van der Waals surface area contributed by atoms with Crippen LogP contribution in [0.1, 0.15) is 28.8 Å². The molecule has 1 atom stereocenters. The molecule has 0 saturated carbocycles. The molecule has 0 bridgehead atoms. The fraction of sp³-hybridized carbons (Fsp3) is 0.381. The smallest absolute Gasteiger partial charge is 0.416 e. The summed E-state index contributed by atoms with van der Waals surface area (Å²) < 4.78 is 92.2. The lowest BCUT2D eigenvalue weighted by molar-refractivity contribution is -0.137. The van der Waals surface area contributed by atoms with Crippen LogP contribution in [0.5, 0.6) is 5.75 Å². The number of anilines is 2. The number of benzene rings is 2. The van der Waals surface area contributed by atoms with Crippen LogP contribution in [-0.4, -0.2) is 47.9 Å². The standard InChI is InChI=1S/C21H22F4N2O5S/c1-31-18-8-5-13(20(28)32-2)10-19(18)33(29,30)26-16-11-14(21(23,24)25)6-7-17(16)27-9-3-4-15(22)12-27/h5-8,10-11,15,26H,3-4,9,12H2,1-2H3/t15-/m0/s1. The molecule has 1 saturated heterocycles. The molecule has 1 N–H and O–H groups in total. The molecule has 3 rings (SSSR count). The van der Waals surface area contributed by atoms with Gasteiger partial charge in [-0.25, -0.2) is 17.6 Å². The Balaban J connectivity index is 2.09. The average Bonchev–Trinajstić information content (AvgIpc) is 2.77. The van der Waals surface area contributed by atoms with E-state index < -0.39 is 38.8 Å². The highest BCUT2D eigenvalue weighted by Gasteiger charge is 2.33. The first-order valence-electron chi connectivity index (χ1n) is 9.85. The van der Waals surface area contributed by atoms with Gasteiger partial charge in [-0.1, -0.05) is 0 Å². The molecule has 7 nitrogen and oxygen atoms in total. The van der Waals surface area contributed by atoms with E-state index >= 15 is 0 Å². The molecule has 0 aromatic heterocycles. The van der Waals surface area contributed by atoms with E-state index in [9.17, 15) is 30.8 Å². The highest BCUT2D eigenvalue weighted by atomic mass is 32.2. The van der Waals surface area contributed by atoms with Gasteiger partial charge in [0.15, 0.2) is 0 Å². The molecule has 1 aliphatic rings. The fourth-order valence-corrected chi connectivity index (χ4v) is 4.81. The molecule has 0 unspecified atom stereocenters. The molecular weight excluding hydrogens is 468 g/mol. The number of hydrogen-bond donors (Lipinski definition) is 1. The third-order valence-corrected chi connectivity index (χ3v) is 6.53. The number of methoxy groups -OCH3 is 2. The second-order valence-corrected chi connectivity index (χ2v) is 9.03. The number of hydrogen-bond acceptors (Lipinski definition) is 6. The van der Waals surface area contributed by atoms with Crippen molar-refractivity contribution in [2.75, 3.05) is 36.9 Å². The zero-order valence-corrected chi connectivity index (χ0v) is 18.6. The van der Waals surface area contributed by atoms with Gasteiger partial charge in [-0.2, -0.15) is 13.2 Å². The molecule has 180 valence electrons. The number of nitrogens with one attached hydrogen (secondary N) is 1. The highest BCUT2D eigenvalue weighted by Crippen LogP contribution is 2.38. The number of alkyl halides is 4.